The van der Waals surface area contributed by atoms with Gasteiger partial charge in [-0.25, -0.2) is 0 Å². The molecule has 15 nitrogen and oxygen atoms in total. The van der Waals surface area contributed by atoms with Crippen LogP contribution in [0.1, 0.15) is 6.92 Å². The summed E-state index contributed by atoms with van der Waals surface area (Å²) in [7, 11) is 0. The van der Waals surface area contributed by atoms with Crippen molar-refractivity contribution >= 4 is 11.0 Å². The van der Waals surface area contributed by atoms with E-state index < -0.39 is 90.7 Å². The summed E-state index contributed by atoms with van der Waals surface area (Å²) in [5, 5.41) is 91.4. The highest BCUT2D eigenvalue weighted by molar-refractivity contribution is 5.88. The smallest absolute Gasteiger partial charge is 0.239 e. The number of aliphatic hydroxyl groups excluding tert-OH is 6. The molecule has 2 saturated heterocycles. The van der Waals surface area contributed by atoms with E-state index in [1.165, 1.54) is 31.2 Å². The van der Waals surface area contributed by atoms with Crippen LogP contribution in [-0.4, -0.2) is 114 Å². The molecule has 3 heterocycles. The quantitative estimate of drug-likeness (QED) is 0.159. The molecule has 0 bridgehead atoms. The molecule has 2 aromatic carbocycles. The van der Waals surface area contributed by atoms with Crippen molar-refractivity contribution in [3.05, 3.63) is 46.6 Å². The number of aromatic hydroxyl groups is 3. The molecule has 2 aliphatic rings. The van der Waals surface area contributed by atoms with E-state index in [9.17, 15) is 50.8 Å². The van der Waals surface area contributed by atoms with Crippen LogP contribution in [0.2, 0.25) is 0 Å². The van der Waals surface area contributed by atoms with Crippen molar-refractivity contribution in [2.24, 2.45) is 0 Å². The molecule has 15 heteroatoms. The van der Waals surface area contributed by atoms with Gasteiger partial charge in [-0.1, -0.05) is 0 Å². The van der Waals surface area contributed by atoms with Crippen LogP contribution < -0.4 is 10.2 Å². The average molecular weight is 595 g/mol. The molecule has 0 amide bonds. The van der Waals surface area contributed by atoms with Crippen LogP contribution in [0.25, 0.3) is 22.3 Å². The molecule has 0 aliphatic carbocycles. The van der Waals surface area contributed by atoms with E-state index in [0.29, 0.717) is 0 Å². The fraction of sp³-hybridized carbons (Fsp3) is 0.444. The molecule has 0 spiro atoms. The molecule has 9 N–H and O–H groups in total. The summed E-state index contributed by atoms with van der Waals surface area (Å²) in [5.41, 5.74) is -0.956. The summed E-state index contributed by atoms with van der Waals surface area (Å²) in [6.45, 7) is 0.866. The lowest BCUT2D eigenvalue weighted by atomic mass is 9.98. The zero-order chi connectivity index (χ0) is 30.5. The van der Waals surface area contributed by atoms with Gasteiger partial charge in [0, 0.05) is 17.7 Å². The molecule has 0 radical (unpaired) electrons. The molecular weight excluding hydrogens is 564 g/mol. The Bertz CT molecular complexity index is 1470. The van der Waals surface area contributed by atoms with Gasteiger partial charge in [-0.3, -0.25) is 4.79 Å². The van der Waals surface area contributed by atoms with Crippen molar-refractivity contribution in [2.45, 2.75) is 68.3 Å². The van der Waals surface area contributed by atoms with Crippen molar-refractivity contribution in [3.8, 4) is 34.3 Å². The van der Waals surface area contributed by atoms with E-state index >= 15 is 0 Å². The van der Waals surface area contributed by atoms with Gasteiger partial charge in [0.05, 0.1) is 12.7 Å². The highest BCUT2D eigenvalue weighted by atomic mass is 16.7. The molecule has 2 fully saturated rings. The Morgan fingerprint density at radius 2 is 1.40 bits per heavy atom. The van der Waals surface area contributed by atoms with Crippen LogP contribution in [0.5, 0.6) is 23.0 Å². The first-order chi connectivity index (χ1) is 19.9. The first kappa shape index (κ1) is 30.0. The number of aliphatic hydroxyl groups is 6. The van der Waals surface area contributed by atoms with Gasteiger partial charge < -0.3 is 69.3 Å². The molecule has 1 aromatic heterocycles. The fourth-order valence-electron chi connectivity index (χ4n) is 4.79. The third-order valence-electron chi connectivity index (χ3n) is 7.18. The molecule has 2 aliphatic heterocycles. The first-order valence-corrected chi connectivity index (χ1v) is 12.9. The number of ether oxygens (including phenoxy) is 4. The monoisotopic (exact) mass is 594 g/mol. The minimum absolute atomic E-state index is 0.103. The van der Waals surface area contributed by atoms with Gasteiger partial charge in [0.25, 0.3) is 0 Å². The van der Waals surface area contributed by atoms with Crippen LogP contribution in [0.3, 0.4) is 0 Å². The summed E-state index contributed by atoms with van der Waals surface area (Å²) in [4.78, 5) is 13.5. The van der Waals surface area contributed by atoms with E-state index in [0.717, 1.165) is 12.1 Å². The van der Waals surface area contributed by atoms with Gasteiger partial charge in [0.2, 0.25) is 17.5 Å². The predicted octanol–water partition coefficient (Wildman–Crippen LogP) is -1.39. The minimum atomic E-state index is -1.92. The summed E-state index contributed by atoms with van der Waals surface area (Å²) in [6.07, 6.45) is -15.8. The van der Waals surface area contributed by atoms with Gasteiger partial charge in [-0.15, -0.1) is 0 Å². The highest BCUT2D eigenvalue weighted by Crippen LogP contribution is 2.37. The maximum atomic E-state index is 13.5. The number of hydrogen-bond donors (Lipinski definition) is 9. The van der Waals surface area contributed by atoms with Gasteiger partial charge in [0.15, 0.2) is 12.1 Å². The van der Waals surface area contributed by atoms with Crippen molar-refractivity contribution in [2.75, 3.05) is 6.61 Å². The second kappa shape index (κ2) is 11.6. The fourth-order valence-corrected chi connectivity index (χ4v) is 4.79. The van der Waals surface area contributed by atoms with Crippen LogP contribution in [0, 0.1) is 0 Å². The Labute approximate surface area is 236 Å². The van der Waals surface area contributed by atoms with Crippen molar-refractivity contribution in [3.63, 3.8) is 0 Å². The lowest BCUT2D eigenvalue weighted by Gasteiger charge is -2.42. The van der Waals surface area contributed by atoms with Crippen LogP contribution >= 0.6 is 0 Å². The Balaban J connectivity index is 1.46. The number of rotatable bonds is 6. The van der Waals surface area contributed by atoms with Crippen molar-refractivity contribution < 1.29 is 69.3 Å². The second-order valence-electron chi connectivity index (χ2n) is 10.1. The zero-order valence-corrected chi connectivity index (χ0v) is 21.9. The topological polar surface area (TPSA) is 249 Å². The molecule has 228 valence electrons. The normalized spacial score (nSPS) is 33.5. The van der Waals surface area contributed by atoms with Crippen molar-refractivity contribution in [1.82, 2.24) is 0 Å². The summed E-state index contributed by atoms with van der Waals surface area (Å²) in [5.74, 6) is -1.97. The van der Waals surface area contributed by atoms with E-state index in [4.69, 9.17) is 23.4 Å². The third-order valence-corrected chi connectivity index (χ3v) is 7.18. The molecule has 0 saturated carbocycles. The Kier molecular flexibility index (Phi) is 8.30. The van der Waals surface area contributed by atoms with E-state index in [1.54, 1.807) is 0 Å². The van der Waals surface area contributed by atoms with Crippen LogP contribution in [0.15, 0.2) is 45.6 Å². The van der Waals surface area contributed by atoms with Gasteiger partial charge in [-0.05, 0) is 31.2 Å². The third kappa shape index (κ3) is 5.49. The second-order valence-corrected chi connectivity index (χ2v) is 10.1. The predicted molar refractivity (Wildman–Crippen MR) is 139 cm³/mol. The first-order valence-electron chi connectivity index (χ1n) is 12.9. The lowest BCUT2D eigenvalue weighted by Crippen LogP contribution is -2.61. The average Bonchev–Trinajstić information content (AvgIpc) is 2.95. The molecule has 42 heavy (non-hydrogen) atoms. The van der Waals surface area contributed by atoms with Crippen molar-refractivity contribution in [1.29, 1.82) is 0 Å². The van der Waals surface area contributed by atoms with E-state index in [1.807, 2.05) is 0 Å². The highest BCUT2D eigenvalue weighted by Gasteiger charge is 2.47. The largest absolute Gasteiger partial charge is 0.508 e. The van der Waals surface area contributed by atoms with E-state index in [-0.39, 0.29) is 28.0 Å². The van der Waals surface area contributed by atoms with E-state index in [2.05, 4.69) is 0 Å². The summed E-state index contributed by atoms with van der Waals surface area (Å²) in [6, 6.07) is 7.33. The van der Waals surface area contributed by atoms with Crippen LogP contribution in [-0.2, 0) is 14.2 Å². The Hall–Kier alpha value is -3.51. The number of fused-ring (bicyclic) bond motifs is 1. The van der Waals surface area contributed by atoms with Gasteiger partial charge in [0.1, 0.15) is 70.9 Å². The Morgan fingerprint density at radius 1 is 0.762 bits per heavy atom. The minimum Gasteiger partial charge on any atom is -0.508 e. The molecule has 5 rings (SSSR count). The maximum absolute atomic E-state index is 13.5. The lowest BCUT2D eigenvalue weighted by molar-refractivity contribution is -0.318. The number of benzene rings is 2. The maximum Gasteiger partial charge on any atom is 0.239 e. The molecule has 10 atom stereocenters. The molecule has 4 unspecified atom stereocenters. The number of hydrogen-bond acceptors (Lipinski definition) is 15. The van der Waals surface area contributed by atoms with Gasteiger partial charge in [-0.2, -0.15) is 0 Å². The number of phenols is 3. The van der Waals surface area contributed by atoms with Gasteiger partial charge >= 0.3 is 0 Å². The summed E-state index contributed by atoms with van der Waals surface area (Å²) >= 11 is 0. The molecule has 3 aromatic rings. The zero-order valence-electron chi connectivity index (χ0n) is 21.9. The number of phenolic OH excluding ortho intramolecular Hbond substituents is 3. The van der Waals surface area contributed by atoms with Crippen LogP contribution in [0.4, 0.5) is 0 Å². The molecular formula is C27H30O15. The summed E-state index contributed by atoms with van der Waals surface area (Å²) < 4.78 is 28.0. The SMILES string of the molecule is CC1O[C@@H](OCC2O[C@@H](Oc3c(-c4ccc(O)cc4)oc4cc(O)cc(O)c4c3=O)[C@@H](O)C(O)[C@@H]2O)C(O)[C@@H](O)[C@H]1O. The standard InChI is InChI=1S/C27H30O15/c1-9-17(31)20(34)22(36)26(39-9)38-8-15-18(32)21(35)23(37)27(41-15)42-25-19(33)16-13(30)6-12(29)7-14(16)40-24(25)10-2-4-11(28)5-3-10/h2-7,9,15,17-18,20-23,26-32,34-37H,8H2,1H3/t9?,15?,17-,18+,20-,21?,22?,23-,26+,27-/m0/s1. The Morgan fingerprint density at radius 3 is 2.10 bits per heavy atom.